The Hall–Kier alpha value is -1.26. The monoisotopic (exact) mass is 254 g/mol. The van der Waals surface area contributed by atoms with E-state index in [0.29, 0.717) is 15.9 Å². The summed E-state index contributed by atoms with van der Waals surface area (Å²) >= 11 is 7.52. The molecule has 16 heavy (non-hydrogen) atoms. The van der Waals surface area contributed by atoms with Gasteiger partial charge in [-0.3, -0.25) is 0 Å². The molecule has 84 valence electrons. The molecule has 0 unspecified atom stereocenters. The molecule has 1 aromatic heterocycles. The van der Waals surface area contributed by atoms with Crippen molar-refractivity contribution in [2.75, 3.05) is 12.8 Å². The first kappa shape index (κ1) is 11.2. The van der Waals surface area contributed by atoms with Gasteiger partial charge in [0.25, 0.3) is 0 Å². The number of aryl methyl sites for hydroxylation is 1. The van der Waals surface area contributed by atoms with E-state index in [2.05, 4.69) is 4.98 Å². The molecule has 0 aliphatic rings. The van der Waals surface area contributed by atoms with Crippen LogP contribution in [0, 0.1) is 6.92 Å². The number of rotatable bonds is 2. The van der Waals surface area contributed by atoms with Crippen LogP contribution in [0.5, 0.6) is 5.75 Å². The van der Waals surface area contributed by atoms with Gasteiger partial charge in [0.1, 0.15) is 5.75 Å². The summed E-state index contributed by atoms with van der Waals surface area (Å²) in [6.45, 7) is 1.98. The molecule has 0 aliphatic heterocycles. The molecule has 0 spiro atoms. The number of methoxy groups -OCH3 is 1. The van der Waals surface area contributed by atoms with Gasteiger partial charge < -0.3 is 10.5 Å². The van der Waals surface area contributed by atoms with Crippen molar-refractivity contribution in [1.29, 1.82) is 0 Å². The third kappa shape index (κ3) is 1.86. The molecule has 0 saturated heterocycles. The van der Waals surface area contributed by atoms with Gasteiger partial charge in [-0.05, 0) is 19.1 Å². The van der Waals surface area contributed by atoms with Crippen LogP contribution in [0.4, 0.5) is 5.13 Å². The molecule has 2 rings (SSSR count). The van der Waals surface area contributed by atoms with E-state index in [1.165, 1.54) is 11.3 Å². The number of nitrogens with zero attached hydrogens (tertiary/aromatic N) is 1. The molecule has 0 amide bonds. The van der Waals surface area contributed by atoms with Crippen LogP contribution in [0.2, 0.25) is 5.02 Å². The zero-order valence-corrected chi connectivity index (χ0v) is 10.5. The van der Waals surface area contributed by atoms with Crippen molar-refractivity contribution in [2.45, 2.75) is 6.92 Å². The predicted molar refractivity (Wildman–Crippen MR) is 68.3 cm³/mol. The van der Waals surface area contributed by atoms with E-state index in [4.69, 9.17) is 22.1 Å². The van der Waals surface area contributed by atoms with Crippen LogP contribution in [-0.4, -0.2) is 12.1 Å². The summed E-state index contributed by atoms with van der Waals surface area (Å²) in [7, 11) is 1.59. The smallest absolute Gasteiger partial charge is 0.180 e. The maximum atomic E-state index is 6.06. The lowest BCUT2D eigenvalue weighted by atomic mass is 10.1. The number of anilines is 1. The Labute approximate surface area is 103 Å². The van der Waals surface area contributed by atoms with Gasteiger partial charge in [0.2, 0.25) is 0 Å². The normalized spacial score (nSPS) is 10.4. The number of para-hydroxylation sites is 1. The third-order valence-electron chi connectivity index (χ3n) is 2.24. The maximum Gasteiger partial charge on any atom is 0.180 e. The fourth-order valence-electron chi connectivity index (χ4n) is 1.57. The second-order valence-corrected chi connectivity index (χ2v) is 4.92. The number of benzene rings is 1. The highest BCUT2D eigenvalue weighted by molar-refractivity contribution is 7.15. The first-order valence-electron chi connectivity index (χ1n) is 4.69. The average Bonchev–Trinajstić information content (AvgIpc) is 2.57. The molecule has 3 nitrogen and oxygen atoms in total. The van der Waals surface area contributed by atoms with Crippen LogP contribution in [0.15, 0.2) is 18.2 Å². The fraction of sp³-hybridized carbons (Fsp3) is 0.182. The second kappa shape index (κ2) is 4.31. The van der Waals surface area contributed by atoms with Crippen molar-refractivity contribution in [1.82, 2.24) is 4.98 Å². The van der Waals surface area contributed by atoms with Gasteiger partial charge in [-0.25, -0.2) is 4.98 Å². The minimum atomic E-state index is 0.550. The average molecular weight is 255 g/mol. The highest BCUT2D eigenvalue weighted by atomic mass is 35.5. The highest BCUT2D eigenvalue weighted by Crippen LogP contribution is 2.38. The minimum Gasteiger partial charge on any atom is -0.494 e. The first-order chi connectivity index (χ1) is 7.63. The number of nitrogen functional groups attached to an aromatic ring is 1. The largest absolute Gasteiger partial charge is 0.494 e. The summed E-state index contributed by atoms with van der Waals surface area (Å²) < 4.78 is 5.29. The zero-order chi connectivity index (χ0) is 11.7. The van der Waals surface area contributed by atoms with Crippen molar-refractivity contribution < 1.29 is 4.74 Å². The van der Waals surface area contributed by atoms with E-state index in [1.807, 2.05) is 19.1 Å². The van der Waals surface area contributed by atoms with Gasteiger partial charge in [0.15, 0.2) is 5.13 Å². The van der Waals surface area contributed by atoms with E-state index in [9.17, 15) is 0 Å². The Balaban J connectivity index is 2.64. The maximum absolute atomic E-state index is 6.06. The molecule has 0 fully saturated rings. The number of halogens is 1. The van der Waals surface area contributed by atoms with E-state index in [0.717, 1.165) is 16.1 Å². The topological polar surface area (TPSA) is 48.1 Å². The second-order valence-electron chi connectivity index (χ2n) is 3.28. The SMILES string of the molecule is COc1c(Cl)cccc1-c1nc(N)sc1C. The predicted octanol–water partition coefficient (Wildman–Crippen LogP) is 3.36. The molecule has 1 aromatic carbocycles. The molecule has 1 heterocycles. The van der Waals surface area contributed by atoms with E-state index in [1.54, 1.807) is 13.2 Å². The molecule has 2 aromatic rings. The quantitative estimate of drug-likeness (QED) is 0.894. The van der Waals surface area contributed by atoms with Crippen molar-refractivity contribution in [3.8, 4) is 17.0 Å². The van der Waals surface area contributed by atoms with Gasteiger partial charge in [0.05, 0.1) is 17.8 Å². The van der Waals surface area contributed by atoms with Gasteiger partial charge >= 0.3 is 0 Å². The molecular formula is C11H11ClN2OS. The van der Waals surface area contributed by atoms with Crippen LogP contribution in [0.1, 0.15) is 4.88 Å². The number of hydrogen-bond acceptors (Lipinski definition) is 4. The Morgan fingerprint density at radius 3 is 2.75 bits per heavy atom. The number of hydrogen-bond donors (Lipinski definition) is 1. The Kier molecular flexibility index (Phi) is 3.03. The summed E-state index contributed by atoms with van der Waals surface area (Å²) in [5, 5.41) is 1.13. The molecule has 0 saturated carbocycles. The van der Waals surface area contributed by atoms with Gasteiger partial charge in [0, 0.05) is 10.4 Å². The fourth-order valence-corrected chi connectivity index (χ4v) is 2.52. The van der Waals surface area contributed by atoms with Crippen molar-refractivity contribution in [2.24, 2.45) is 0 Å². The van der Waals surface area contributed by atoms with E-state index in [-0.39, 0.29) is 0 Å². The van der Waals surface area contributed by atoms with Crippen molar-refractivity contribution in [3.63, 3.8) is 0 Å². The Bertz CT molecular complexity index is 525. The van der Waals surface area contributed by atoms with Crippen molar-refractivity contribution in [3.05, 3.63) is 28.1 Å². The van der Waals surface area contributed by atoms with Crippen LogP contribution in [-0.2, 0) is 0 Å². The minimum absolute atomic E-state index is 0.550. The summed E-state index contributed by atoms with van der Waals surface area (Å²) in [5.74, 6) is 0.637. The molecule has 2 N–H and O–H groups in total. The van der Waals surface area contributed by atoms with Gasteiger partial charge in [-0.2, -0.15) is 0 Å². The lowest BCUT2D eigenvalue weighted by Gasteiger charge is -2.08. The highest BCUT2D eigenvalue weighted by Gasteiger charge is 2.14. The van der Waals surface area contributed by atoms with Crippen LogP contribution in [0.25, 0.3) is 11.3 Å². The molecular weight excluding hydrogens is 244 g/mol. The van der Waals surface area contributed by atoms with Gasteiger partial charge in [-0.15, -0.1) is 11.3 Å². The van der Waals surface area contributed by atoms with E-state index < -0.39 is 0 Å². The Morgan fingerprint density at radius 2 is 2.19 bits per heavy atom. The molecule has 0 atom stereocenters. The number of ether oxygens (including phenoxy) is 1. The van der Waals surface area contributed by atoms with Crippen LogP contribution in [0.3, 0.4) is 0 Å². The number of thiazole rings is 1. The molecule has 0 bridgehead atoms. The standard InChI is InChI=1S/C11H11ClN2OS/c1-6-9(14-11(13)16-6)7-4-3-5-8(12)10(7)15-2/h3-5H,1-2H3,(H2,13,14). The van der Waals surface area contributed by atoms with Gasteiger partial charge in [-0.1, -0.05) is 17.7 Å². The molecule has 5 heteroatoms. The number of aromatic nitrogens is 1. The third-order valence-corrected chi connectivity index (χ3v) is 3.34. The summed E-state index contributed by atoms with van der Waals surface area (Å²) in [4.78, 5) is 5.34. The number of nitrogens with two attached hydrogens (primary N) is 1. The zero-order valence-electron chi connectivity index (χ0n) is 8.95. The molecule has 0 aliphatic carbocycles. The first-order valence-corrected chi connectivity index (χ1v) is 5.88. The lowest BCUT2D eigenvalue weighted by molar-refractivity contribution is 0.416. The Morgan fingerprint density at radius 1 is 1.44 bits per heavy atom. The summed E-state index contributed by atoms with van der Waals surface area (Å²) in [6.07, 6.45) is 0. The van der Waals surface area contributed by atoms with E-state index >= 15 is 0 Å². The van der Waals surface area contributed by atoms with Crippen LogP contribution < -0.4 is 10.5 Å². The summed E-state index contributed by atoms with van der Waals surface area (Å²) in [5.41, 5.74) is 7.39. The summed E-state index contributed by atoms with van der Waals surface area (Å²) in [6, 6.07) is 5.58. The lowest BCUT2D eigenvalue weighted by Crippen LogP contribution is -1.90. The van der Waals surface area contributed by atoms with Crippen molar-refractivity contribution >= 4 is 28.1 Å². The van der Waals surface area contributed by atoms with Crippen LogP contribution >= 0.6 is 22.9 Å². The molecule has 0 radical (unpaired) electrons.